The number of nitrogens with one attached hydrogen (secondary N) is 1. The third-order valence-corrected chi connectivity index (χ3v) is 2.34. The quantitative estimate of drug-likeness (QED) is 0.641. The fraction of sp³-hybridized carbons (Fsp3) is 0.875. The maximum absolute atomic E-state index is 10.5. The Morgan fingerprint density at radius 2 is 2.17 bits per heavy atom. The molecule has 4 nitrogen and oxygen atoms in total. The lowest BCUT2D eigenvalue weighted by molar-refractivity contribution is 0.0609. The van der Waals surface area contributed by atoms with Crippen molar-refractivity contribution in [3.05, 3.63) is 0 Å². The molecule has 0 radical (unpaired) electrons. The Labute approximate surface area is 72.5 Å². The summed E-state index contributed by atoms with van der Waals surface area (Å²) in [4.78, 5) is 10.5. The molecule has 2 atom stereocenters. The van der Waals surface area contributed by atoms with Crippen molar-refractivity contribution in [3.63, 3.8) is 0 Å². The molecule has 0 heterocycles. The van der Waals surface area contributed by atoms with Crippen molar-refractivity contribution in [2.24, 2.45) is 5.73 Å². The van der Waals surface area contributed by atoms with E-state index in [9.17, 15) is 4.79 Å². The van der Waals surface area contributed by atoms with Crippen molar-refractivity contribution in [1.29, 1.82) is 0 Å². The predicted octanol–water partition coefficient (Wildman–Crippen LogP) is 0.612. The highest BCUT2D eigenvalue weighted by molar-refractivity contribution is 5.64. The van der Waals surface area contributed by atoms with Gasteiger partial charge in [-0.1, -0.05) is 6.42 Å². The van der Waals surface area contributed by atoms with Crippen molar-refractivity contribution < 1.29 is 9.53 Å². The van der Waals surface area contributed by atoms with Gasteiger partial charge in [0.25, 0.3) is 0 Å². The summed E-state index contributed by atoms with van der Waals surface area (Å²) in [7, 11) is 1.88. The molecule has 0 aromatic carbocycles. The van der Waals surface area contributed by atoms with Crippen molar-refractivity contribution in [2.45, 2.75) is 37.8 Å². The van der Waals surface area contributed by atoms with E-state index in [1.165, 1.54) is 6.42 Å². The first-order valence-corrected chi connectivity index (χ1v) is 4.37. The van der Waals surface area contributed by atoms with Gasteiger partial charge in [0.05, 0.1) is 0 Å². The summed E-state index contributed by atoms with van der Waals surface area (Å²) in [5, 5.41) is 3.13. The molecule has 1 saturated carbocycles. The lowest BCUT2D eigenvalue weighted by atomic mass is 9.92. The van der Waals surface area contributed by atoms with Crippen LogP contribution in [-0.2, 0) is 4.74 Å². The summed E-state index contributed by atoms with van der Waals surface area (Å²) in [5.41, 5.74) is 4.95. The number of nitrogens with two attached hydrogens (primary N) is 1. The molecular weight excluding hydrogens is 156 g/mol. The molecule has 1 amide bonds. The van der Waals surface area contributed by atoms with Crippen molar-refractivity contribution in [1.82, 2.24) is 5.32 Å². The number of ether oxygens (including phenoxy) is 1. The second-order valence-corrected chi connectivity index (χ2v) is 3.15. The fourth-order valence-corrected chi connectivity index (χ4v) is 1.72. The highest BCUT2D eigenvalue weighted by atomic mass is 16.6. The molecule has 1 aliphatic rings. The van der Waals surface area contributed by atoms with Crippen LogP contribution in [-0.4, -0.2) is 25.3 Å². The summed E-state index contributed by atoms with van der Waals surface area (Å²) in [6.07, 6.45) is 3.62. The number of hydrogen-bond donors (Lipinski definition) is 2. The van der Waals surface area contributed by atoms with Crippen molar-refractivity contribution in [2.75, 3.05) is 7.05 Å². The minimum atomic E-state index is -0.665. The van der Waals surface area contributed by atoms with Crippen LogP contribution in [0.15, 0.2) is 0 Å². The molecule has 12 heavy (non-hydrogen) atoms. The largest absolute Gasteiger partial charge is 0.445 e. The van der Waals surface area contributed by atoms with Crippen LogP contribution in [0.4, 0.5) is 4.79 Å². The zero-order valence-corrected chi connectivity index (χ0v) is 7.38. The van der Waals surface area contributed by atoms with Gasteiger partial charge in [-0.15, -0.1) is 0 Å². The van der Waals surface area contributed by atoms with Gasteiger partial charge in [0, 0.05) is 6.04 Å². The van der Waals surface area contributed by atoms with Crippen LogP contribution in [0, 0.1) is 0 Å². The highest BCUT2D eigenvalue weighted by Crippen LogP contribution is 2.20. The Balaban J connectivity index is 2.41. The van der Waals surface area contributed by atoms with Gasteiger partial charge in [-0.2, -0.15) is 0 Å². The zero-order valence-electron chi connectivity index (χ0n) is 7.38. The summed E-state index contributed by atoms with van der Waals surface area (Å²) < 4.78 is 4.97. The molecule has 0 saturated heterocycles. The third kappa shape index (κ3) is 2.37. The third-order valence-electron chi connectivity index (χ3n) is 2.34. The van der Waals surface area contributed by atoms with E-state index in [4.69, 9.17) is 10.5 Å². The summed E-state index contributed by atoms with van der Waals surface area (Å²) in [6.45, 7) is 0. The van der Waals surface area contributed by atoms with E-state index in [1.54, 1.807) is 0 Å². The number of carbonyl (C=O) groups is 1. The monoisotopic (exact) mass is 172 g/mol. The zero-order chi connectivity index (χ0) is 8.97. The predicted molar refractivity (Wildman–Crippen MR) is 45.8 cm³/mol. The fourth-order valence-electron chi connectivity index (χ4n) is 1.72. The first kappa shape index (κ1) is 9.32. The van der Waals surface area contributed by atoms with E-state index in [0.717, 1.165) is 19.3 Å². The van der Waals surface area contributed by atoms with E-state index in [0.29, 0.717) is 0 Å². The summed E-state index contributed by atoms with van der Waals surface area (Å²) >= 11 is 0. The maximum atomic E-state index is 10.5. The smallest absolute Gasteiger partial charge is 0.404 e. The van der Waals surface area contributed by atoms with Crippen LogP contribution < -0.4 is 11.1 Å². The molecule has 0 aromatic heterocycles. The Morgan fingerprint density at radius 3 is 2.75 bits per heavy atom. The Bertz CT molecular complexity index is 161. The van der Waals surface area contributed by atoms with E-state index in [1.807, 2.05) is 7.05 Å². The highest BCUT2D eigenvalue weighted by Gasteiger charge is 2.25. The molecule has 4 heteroatoms. The molecular formula is C8H16N2O2. The van der Waals surface area contributed by atoms with Gasteiger partial charge in [-0.25, -0.2) is 4.79 Å². The number of rotatable bonds is 2. The van der Waals surface area contributed by atoms with Gasteiger partial charge in [0.15, 0.2) is 0 Å². The molecule has 0 spiro atoms. The molecule has 0 aliphatic heterocycles. The van der Waals surface area contributed by atoms with Crippen LogP contribution >= 0.6 is 0 Å². The Hall–Kier alpha value is -0.770. The second-order valence-electron chi connectivity index (χ2n) is 3.15. The molecule has 0 bridgehead atoms. The molecule has 2 unspecified atom stereocenters. The molecule has 70 valence electrons. The average Bonchev–Trinajstić information content (AvgIpc) is 2.04. The lowest BCUT2D eigenvalue weighted by Gasteiger charge is -2.30. The number of amides is 1. The summed E-state index contributed by atoms with van der Waals surface area (Å²) in [6, 6.07) is 0.284. The van der Waals surface area contributed by atoms with Gasteiger partial charge in [-0.05, 0) is 26.3 Å². The molecule has 1 fully saturated rings. The van der Waals surface area contributed by atoms with Gasteiger partial charge in [0.1, 0.15) is 6.10 Å². The summed E-state index contributed by atoms with van der Waals surface area (Å²) in [5.74, 6) is 0. The van der Waals surface area contributed by atoms with Crippen molar-refractivity contribution >= 4 is 6.09 Å². The van der Waals surface area contributed by atoms with Crippen LogP contribution in [0.3, 0.4) is 0 Å². The first-order valence-electron chi connectivity index (χ1n) is 4.37. The number of carbonyl (C=O) groups excluding carboxylic acids is 1. The number of hydrogen-bond acceptors (Lipinski definition) is 3. The van der Waals surface area contributed by atoms with E-state index in [-0.39, 0.29) is 12.1 Å². The van der Waals surface area contributed by atoms with Crippen LogP contribution in [0.25, 0.3) is 0 Å². The maximum Gasteiger partial charge on any atom is 0.404 e. The van der Waals surface area contributed by atoms with Crippen LogP contribution in [0.5, 0.6) is 0 Å². The SMILES string of the molecule is CNC1CCCCC1OC(N)=O. The van der Waals surface area contributed by atoms with Crippen LogP contribution in [0.1, 0.15) is 25.7 Å². The number of likely N-dealkylation sites (N-methyl/N-ethyl adjacent to an activating group) is 1. The molecule has 0 aromatic rings. The minimum Gasteiger partial charge on any atom is -0.445 e. The minimum absolute atomic E-state index is 0.0266. The lowest BCUT2D eigenvalue weighted by Crippen LogP contribution is -2.43. The van der Waals surface area contributed by atoms with Gasteiger partial charge in [0.2, 0.25) is 0 Å². The molecule has 1 aliphatic carbocycles. The van der Waals surface area contributed by atoms with E-state index < -0.39 is 6.09 Å². The van der Waals surface area contributed by atoms with Crippen LogP contribution in [0.2, 0.25) is 0 Å². The molecule has 1 rings (SSSR count). The first-order chi connectivity index (χ1) is 5.74. The normalized spacial score (nSPS) is 29.8. The average molecular weight is 172 g/mol. The Kier molecular flexibility index (Phi) is 3.34. The molecule has 3 N–H and O–H groups in total. The van der Waals surface area contributed by atoms with Crippen molar-refractivity contribution in [3.8, 4) is 0 Å². The van der Waals surface area contributed by atoms with Gasteiger partial charge >= 0.3 is 6.09 Å². The Morgan fingerprint density at radius 1 is 1.50 bits per heavy atom. The second kappa shape index (κ2) is 4.30. The standard InChI is InChI=1S/C8H16N2O2/c1-10-6-4-2-3-5-7(6)12-8(9)11/h6-7,10H,2-5H2,1H3,(H2,9,11). The van der Waals surface area contributed by atoms with Gasteiger partial charge in [-0.3, -0.25) is 0 Å². The van der Waals surface area contributed by atoms with Gasteiger partial charge < -0.3 is 15.8 Å². The van der Waals surface area contributed by atoms with E-state index in [2.05, 4.69) is 5.32 Å². The van der Waals surface area contributed by atoms with E-state index >= 15 is 0 Å². The number of primary amides is 1. The topological polar surface area (TPSA) is 64.3 Å².